The van der Waals surface area contributed by atoms with Gasteiger partial charge in [0.1, 0.15) is 11.3 Å². The van der Waals surface area contributed by atoms with Gasteiger partial charge in [-0.25, -0.2) is 0 Å². The van der Waals surface area contributed by atoms with Crippen LogP contribution in [0.4, 0.5) is 11.4 Å². The lowest BCUT2D eigenvalue weighted by Gasteiger charge is -2.21. The van der Waals surface area contributed by atoms with E-state index in [1.54, 1.807) is 25.1 Å². The molecular weight excluding hydrogens is 264 g/mol. The number of rotatable bonds is 6. The van der Waals surface area contributed by atoms with Crippen LogP contribution in [-0.2, 0) is 4.74 Å². The molecule has 2 rings (SSSR count). The predicted octanol–water partition coefficient (Wildman–Crippen LogP) is 1.56. The second-order valence-electron chi connectivity index (χ2n) is 4.72. The molecule has 0 amide bonds. The monoisotopic (exact) mass is 282 g/mol. The summed E-state index contributed by atoms with van der Waals surface area (Å²) in [5, 5.41) is 24.3. The Bertz CT molecular complexity index is 486. The zero-order chi connectivity index (χ0) is 14.6. The van der Waals surface area contributed by atoms with Crippen LogP contribution >= 0.6 is 0 Å². The topological polar surface area (TPSA) is 93.9 Å². The summed E-state index contributed by atoms with van der Waals surface area (Å²) in [6.07, 6.45) is 0.513. The third-order valence-corrected chi connectivity index (χ3v) is 3.17. The van der Waals surface area contributed by atoms with Gasteiger partial charge in [0, 0.05) is 19.6 Å². The first-order valence-corrected chi connectivity index (χ1v) is 6.50. The van der Waals surface area contributed by atoms with E-state index in [2.05, 4.69) is 5.32 Å². The molecule has 7 nitrogen and oxygen atoms in total. The van der Waals surface area contributed by atoms with Crippen LogP contribution in [0, 0.1) is 10.1 Å². The lowest BCUT2D eigenvalue weighted by Crippen LogP contribution is -2.37. The largest absolute Gasteiger partial charge is 0.487 e. The molecule has 1 saturated heterocycles. The molecule has 1 aliphatic heterocycles. The van der Waals surface area contributed by atoms with E-state index < -0.39 is 10.5 Å². The summed E-state index contributed by atoms with van der Waals surface area (Å²) in [5.41, 5.74) is -0.756. The van der Waals surface area contributed by atoms with Crippen molar-refractivity contribution < 1.29 is 19.5 Å². The number of nitro groups is 1. The number of hydrogen-bond acceptors (Lipinski definition) is 6. The van der Waals surface area contributed by atoms with Gasteiger partial charge in [-0.1, -0.05) is 6.07 Å². The van der Waals surface area contributed by atoms with Crippen LogP contribution in [0.2, 0.25) is 0 Å². The lowest BCUT2D eigenvalue weighted by atomic mass is 10.0. The summed E-state index contributed by atoms with van der Waals surface area (Å²) >= 11 is 0. The van der Waals surface area contributed by atoms with Gasteiger partial charge in [0.25, 0.3) is 0 Å². The minimum Gasteiger partial charge on any atom is -0.487 e. The highest BCUT2D eigenvalue weighted by molar-refractivity contribution is 5.68. The number of hydrogen-bond donors (Lipinski definition) is 2. The van der Waals surface area contributed by atoms with Crippen molar-refractivity contribution >= 4 is 11.4 Å². The number of benzene rings is 1. The molecule has 1 aromatic carbocycles. The molecule has 0 saturated carbocycles. The van der Waals surface area contributed by atoms with Gasteiger partial charge in [0.05, 0.1) is 18.1 Å². The zero-order valence-electron chi connectivity index (χ0n) is 11.3. The molecule has 1 fully saturated rings. The standard InChI is InChI=1S/C13H18N2O5/c1-2-20-11-5-3-4-10(12(11)15(17)18)14-8-13(16)6-7-19-9-13/h3-5,14,16H,2,6-9H2,1H3. The van der Waals surface area contributed by atoms with Crippen molar-refractivity contribution in [1.82, 2.24) is 0 Å². The van der Waals surface area contributed by atoms with E-state index in [4.69, 9.17) is 9.47 Å². The summed E-state index contributed by atoms with van der Waals surface area (Å²) in [5.74, 6) is 0.220. The summed E-state index contributed by atoms with van der Waals surface area (Å²) in [6.45, 7) is 3.05. The number of nitrogens with zero attached hydrogens (tertiary/aromatic N) is 1. The Morgan fingerprint density at radius 1 is 1.60 bits per heavy atom. The van der Waals surface area contributed by atoms with Gasteiger partial charge in [0.2, 0.25) is 0 Å². The molecule has 0 spiro atoms. The Labute approximate surface area is 116 Å². The molecule has 0 aromatic heterocycles. The third-order valence-electron chi connectivity index (χ3n) is 3.17. The van der Waals surface area contributed by atoms with Crippen LogP contribution in [0.25, 0.3) is 0 Å². The fourth-order valence-corrected chi connectivity index (χ4v) is 2.12. The SMILES string of the molecule is CCOc1cccc(NCC2(O)CCOC2)c1[N+](=O)[O-]. The summed E-state index contributed by atoms with van der Waals surface area (Å²) in [7, 11) is 0. The number of nitrogens with one attached hydrogen (secondary N) is 1. The molecule has 20 heavy (non-hydrogen) atoms. The highest BCUT2D eigenvalue weighted by Crippen LogP contribution is 2.35. The first-order chi connectivity index (χ1) is 9.56. The first kappa shape index (κ1) is 14.5. The minimum absolute atomic E-state index is 0.114. The van der Waals surface area contributed by atoms with Crippen LogP contribution in [0.15, 0.2) is 18.2 Å². The Morgan fingerprint density at radius 3 is 3.00 bits per heavy atom. The van der Waals surface area contributed by atoms with E-state index in [-0.39, 0.29) is 24.6 Å². The quantitative estimate of drug-likeness (QED) is 0.607. The van der Waals surface area contributed by atoms with E-state index in [1.165, 1.54) is 0 Å². The molecule has 1 aromatic rings. The van der Waals surface area contributed by atoms with Crippen molar-refractivity contribution in [1.29, 1.82) is 0 Å². The Kier molecular flexibility index (Phi) is 4.41. The highest BCUT2D eigenvalue weighted by Gasteiger charge is 2.33. The minimum atomic E-state index is -0.977. The summed E-state index contributed by atoms with van der Waals surface area (Å²) in [4.78, 5) is 10.7. The maximum absolute atomic E-state index is 11.2. The van der Waals surface area contributed by atoms with Crippen molar-refractivity contribution in [3.8, 4) is 5.75 Å². The van der Waals surface area contributed by atoms with Gasteiger partial charge in [-0.2, -0.15) is 0 Å². The molecule has 1 aliphatic rings. The molecule has 1 heterocycles. The van der Waals surface area contributed by atoms with Crippen LogP contribution < -0.4 is 10.1 Å². The third kappa shape index (κ3) is 3.17. The molecule has 0 aliphatic carbocycles. The first-order valence-electron chi connectivity index (χ1n) is 6.50. The molecule has 0 radical (unpaired) electrons. The molecule has 1 unspecified atom stereocenters. The van der Waals surface area contributed by atoms with Gasteiger partial charge < -0.3 is 19.9 Å². The Hall–Kier alpha value is -1.86. The van der Waals surface area contributed by atoms with E-state index in [1.807, 2.05) is 0 Å². The number of aliphatic hydroxyl groups is 1. The van der Waals surface area contributed by atoms with Crippen LogP contribution in [0.3, 0.4) is 0 Å². The van der Waals surface area contributed by atoms with Crippen molar-refractivity contribution in [2.24, 2.45) is 0 Å². The number of ether oxygens (including phenoxy) is 2. The number of nitro benzene ring substituents is 1. The predicted molar refractivity (Wildman–Crippen MR) is 73.1 cm³/mol. The van der Waals surface area contributed by atoms with Crippen molar-refractivity contribution in [3.63, 3.8) is 0 Å². The Balaban J connectivity index is 2.18. The average molecular weight is 282 g/mol. The fourth-order valence-electron chi connectivity index (χ4n) is 2.12. The van der Waals surface area contributed by atoms with Crippen molar-refractivity contribution in [2.45, 2.75) is 18.9 Å². The normalized spacial score (nSPS) is 21.7. The van der Waals surface area contributed by atoms with Crippen molar-refractivity contribution in [2.75, 3.05) is 31.7 Å². The average Bonchev–Trinajstić information content (AvgIpc) is 2.84. The summed E-state index contributed by atoms with van der Waals surface area (Å²) in [6, 6.07) is 4.83. The lowest BCUT2D eigenvalue weighted by molar-refractivity contribution is -0.384. The zero-order valence-corrected chi connectivity index (χ0v) is 11.3. The maximum Gasteiger partial charge on any atom is 0.333 e. The van der Waals surface area contributed by atoms with Gasteiger partial charge in [-0.3, -0.25) is 10.1 Å². The summed E-state index contributed by atoms with van der Waals surface area (Å²) < 4.78 is 10.4. The number of anilines is 1. The van der Waals surface area contributed by atoms with E-state index >= 15 is 0 Å². The van der Waals surface area contributed by atoms with Crippen LogP contribution in [0.1, 0.15) is 13.3 Å². The molecule has 1 atom stereocenters. The van der Waals surface area contributed by atoms with Crippen LogP contribution in [0.5, 0.6) is 5.75 Å². The Morgan fingerprint density at radius 2 is 2.40 bits per heavy atom. The molecule has 7 heteroatoms. The van der Waals surface area contributed by atoms with Crippen LogP contribution in [-0.4, -0.2) is 42.0 Å². The second-order valence-corrected chi connectivity index (χ2v) is 4.72. The van der Waals surface area contributed by atoms with Crippen molar-refractivity contribution in [3.05, 3.63) is 28.3 Å². The molecular formula is C13H18N2O5. The molecule has 110 valence electrons. The van der Waals surface area contributed by atoms with Gasteiger partial charge in [0.15, 0.2) is 5.75 Å². The van der Waals surface area contributed by atoms with E-state index in [0.29, 0.717) is 25.3 Å². The number of para-hydroxylation sites is 1. The van der Waals surface area contributed by atoms with E-state index in [0.717, 1.165) is 0 Å². The second kappa shape index (κ2) is 6.06. The maximum atomic E-state index is 11.2. The van der Waals surface area contributed by atoms with Gasteiger partial charge in [-0.15, -0.1) is 0 Å². The smallest absolute Gasteiger partial charge is 0.333 e. The molecule has 0 bridgehead atoms. The van der Waals surface area contributed by atoms with E-state index in [9.17, 15) is 15.2 Å². The molecule has 2 N–H and O–H groups in total. The highest BCUT2D eigenvalue weighted by atomic mass is 16.6. The van der Waals surface area contributed by atoms with Gasteiger partial charge in [-0.05, 0) is 19.1 Å². The fraction of sp³-hybridized carbons (Fsp3) is 0.538. The van der Waals surface area contributed by atoms with Gasteiger partial charge >= 0.3 is 5.69 Å².